The van der Waals surface area contributed by atoms with Crippen LogP contribution in [0, 0.1) is 13.8 Å². The number of benzene rings is 1. The molecule has 5 nitrogen and oxygen atoms in total. The monoisotopic (exact) mass is 357 g/mol. The Balaban J connectivity index is 2.80. The molecule has 0 saturated heterocycles. The number of aromatic amines is 1. The van der Waals surface area contributed by atoms with E-state index in [0.717, 1.165) is 5.56 Å². The Morgan fingerprint density at radius 1 is 1.19 bits per heavy atom. The molecule has 1 aromatic heterocycles. The number of rotatable bonds is 4. The summed E-state index contributed by atoms with van der Waals surface area (Å²) in [4.78, 5) is 28.4. The molecule has 0 atom stereocenters. The van der Waals surface area contributed by atoms with E-state index >= 15 is 0 Å². The highest BCUT2D eigenvalue weighted by atomic mass is 16.5. The smallest absolute Gasteiger partial charge is 0.344 e. The van der Waals surface area contributed by atoms with E-state index in [9.17, 15) is 9.59 Å². The van der Waals surface area contributed by atoms with Crippen LogP contribution in [0.1, 0.15) is 54.9 Å². The highest BCUT2D eigenvalue weighted by Gasteiger charge is 2.24. The molecule has 0 radical (unpaired) electrons. The average molecular weight is 357 g/mol. The van der Waals surface area contributed by atoms with Crippen LogP contribution in [0.15, 0.2) is 23.0 Å². The summed E-state index contributed by atoms with van der Waals surface area (Å²) in [6.07, 6.45) is 0. The van der Waals surface area contributed by atoms with Crippen LogP contribution in [0.25, 0.3) is 11.3 Å². The number of H-pyrrole nitrogens is 1. The third-order valence-corrected chi connectivity index (χ3v) is 4.51. The van der Waals surface area contributed by atoms with Gasteiger partial charge in [0.1, 0.15) is 11.3 Å². The summed E-state index contributed by atoms with van der Waals surface area (Å²) in [6, 6.07) is 5.81. The lowest BCUT2D eigenvalue weighted by Gasteiger charge is -2.21. The van der Waals surface area contributed by atoms with Crippen LogP contribution in [0.2, 0.25) is 0 Å². The molecule has 140 valence electrons. The standard InChI is InChI=1S/C21H27NO4/c1-8-26-20(24)17-18(22-13(3)12(2)19(17)23)15-10-9-14(21(4,5)6)11-16(15)25-7/h9-11H,8H2,1-7H3,(H,22,23). The molecule has 2 rings (SSSR count). The van der Waals surface area contributed by atoms with Crippen LogP contribution in [0.4, 0.5) is 0 Å². The molecule has 0 aliphatic rings. The highest BCUT2D eigenvalue weighted by molar-refractivity contribution is 5.97. The first-order valence-corrected chi connectivity index (χ1v) is 8.71. The van der Waals surface area contributed by atoms with Gasteiger partial charge in [0.25, 0.3) is 0 Å². The van der Waals surface area contributed by atoms with E-state index in [4.69, 9.17) is 9.47 Å². The van der Waals surface area contributed by atoms with Crippen molar-refractivity contribution in [2.45, 2.75) is 47.0 Å². The minimum atomic E-state index is -0.631. The zero-order valence-electron chi connectivity index (χ0n) is 16.6. The zero-order chi connectivity index (χ0) is 19.6. The molecular formula is C21H27NO4. The van der Waals surface area contributed by atoms with Crippen molar-refractivity contribution in [2.24, 2.45) is 0 Å². The molecule has 1 heterocycles. The van der Waals surface area contributed by atoms with E-state index in [-0.39, 0.29) is 23.0 Å². The summed E-state index contributed by atoms with van der Waals surface area (Å²) in [6.45, 7) is 11.8. The molecule has 0 fully saturated rings. The molecule has 0 saturated carbocycles. The Bertz CT molecular complexity index is 888. The number of esters is 1. The number of ether oxygens (including phenoxy) is 2. The van der Waals surface area contributed by atoms with Gasteiger partial charge in [-0.05, 0) is 43.9 Å². The minimum Gasteiger partial charge on any atom is -0.496 e. The SMILES string of the molecule is CCOC(=O)c1c(-c2ccc(C(C)(C)C)cc2OC)[nH]c(C)c(C)c1=O. The molecule has 26 heavy (non-hydrogen) atoms. The van der Waals surface area contributed by atoms with Crippen molar-refractivity contribution in [2.75, 3.05) is 13.7 Å². The topological polar surface area (TPSA) is 68.4 Å². The lowest BCUT2D eigenvalue weighted by Crippen LogP contribution is -2.23. The van der Waals surface area contributed by atoms with Crippen molar-refractivity contribution in [3.63, 3.8) is 0 Å². The van der Waals surface area contributed by atoms with E-state index < -0.39 is 5.97 Å². The second-order valence-electron chi connectivity index (χ2n) is 7.34. The number of pyridine rings is 1. The second kappa shape index (κ2) is 7.36. The van der Waals surface area contributed by atoms with E-state index in [1.54, 1.807) is 21.0 Å². The lowest BCUT2D eigenvalue weighted by molar-refractivity contribution is 0.0525. The number of nitrogens with one attached hydrogen (secondary N) is 1. The summed E-state index contributed by atoms with van der Waals surface area (Å²) < 4.78 is 10.7. The van der Waals surface area contributed by atoms with E-state index in [0.29, 0.717) is 28.3 Å². The van der Waals surface area contributed by atoms with Crippen molar-refractivity contribution in [3.05, 3.63) is 50.8 Å². The third kappa shape index (κ3) is 3.66. The third-order valence-electron chi connectivity index (χ3n) is 4.51. The van der Waals surface area contributed by atoms with Crippen molar-refractivity contribution in [3.8, 4) is 17.0 Å². The number of methoxy groups -OCH3 is 1. The largest absolute Gasteiger partial charge is 0.496 e. The van der Waals surface area contributed by atoms with Gasteiger partial charge in [0.15, 0.2) is 5.43 Å². The maximum absolute atomic E-state index is 12.8. The summed E-state index contributed by atoms with van der Waals surface area (Å²) in [5, 5.41) is 0. The lowest BCUT2D eigenvalue weighted by atomic mass is 9.86. The molecule has 0 spiro atoms. The maximum atomic E-state index is 12.8. The molecule has 0 aliphatic carbocycles. The van der Waals surface area contributed by atoms with Gasteiger partial charge in [0.2, 0.25) is 0 Å². The van der Waals surface area contributed by atoms with Gasteiger partial charge in [-0.2, -0.15) is 0 Å². The summed E-state index contributed by atoms with van der Waals surface area (Å²) in [7, 11) is 1.58. The van der Waals surface area contributed by atoms with Crippen molar-refractivity contribution < 1.29 is 14.3 Å². The second-order valence-corrected chi connectivity index (χ2v) is 7.34. The van der Waals surface area contributed by atoms with Gasteiger partial charge >= 0.3 is 5.97 Å². The molecule has 5 heteroatoms. The Labute approximate surface area is 154 Å². The van der Waals surface area contributed by atoms with Crippen LogP contribution >= 0.6 is 0 Å². The van der Waals surface area contributed by atoms with Crippen LogP contribution in [0.5, 0.6) is 5.75 Å². The number of aryl methyl sites for hydroxylation is 1. The fraction of sp³-hybridized carbons (Fsp3) is 0.429. The Kier molecular flexibility index (Phi) is 5.59. The Hall–Kier alpha value is -2.56. The molecule has 2 aromatic rings. The summed E-state index contributed by atoms with van der Waals surface area (Å²) in [5.41, 5.74) is 3.03. The first kappa shape index (κ1) is 19.8. The number of carbonyl (C=O) groups is 1. The molecule has 1 N–H and O–H groups in total. The average Bonchev–Trinajstić information content (AvgIpc) is 2.58. The highest BCUT2D eigenvalue weighted by Crippen LogP contribution is 2.35. The first-order valence-electron chi connectivity index (χ1n) is 8.71. The number of hydrogen-bond acceptors (Lipinski definition) is 4. The normalized spacial score (nSPS) is 11.3. The summed E-state index contributed by atoms with van der Waals surface area (Å²) >= 11 is 0. The predicted molar refractivity (Wildman–Crippen MR) is 103 cm³/mol. The minimum absolute atomic E-state index is 0.0109. The van der Waals surface area contributed by atoms with E-state index in [1.807, 2.05) is 25.1 Å². The van der Waals surface area contributed by atoms with Gasteiger partial charge in [-0.1, -0.05) is 26.8 Å². The van der Waals surface area contributed by atoms with Crippen LogP contribution in [0.3, 0.4) is 0 Å². The first-order chi connectivity index (χ1) is 12.1. The van der Waals surface area contributed by atoms with Crippen molar-refractivity contribution in [1.82, 2.24) is 4.98 Å². The van der Waals surface area contributed by atoms with Crippen LogP contribution < -0.4 is 10.2 Å². The number of aromatic nitrogens is 1. The molecule has 0 aliphatic heterocycles. The van der Waals surface area contributed by atoms with Gasteiger partial charge < -0.3 is 14.5 Å². The zero-order valence-corrected chi connectivity index (χ0v) is 16.6. The molecule has 0 bridgehead atoms. The maximum Gasteiger partial charge on any atom is 0.344 e. The van der Waals surface area contributed by atoms with Crippen LogP contribution in [-0.2, 0) is 10.2 Å². The fourth-order valence-corrected chi connectivity index (χ4v) is 2.78. The van der Waals surface area contributed by atoms with Gasteiger partial charge in [-0.25, -0.2) is 4.79 Å². The quantitative estimate of drug-likeness (QED) is 0.835. The van der Waals surface area contributed by atoms with Gasteiger partial charge in [0, 0.05) is 16.8 Å². The van der Waals surface area contributed by atoms with Gasteiger partial charge in [-0.15, -0.1) is 0 Å². The molecule has 0 amide bonds. The van der Waals surface area contributed by atoms with E-state index in [2.05, 4.69) is 25.8 Å². The van der Waals surface area contributed by atoms with Gasteiger partial charge in [-0.3, -0.25) is 4.79 Å². The van der Waals surface area contributed by atoms with Gasteiger partial charge in [0.05, 0.1) is 19.4 Å². The van der Waals surface area contributed by atoms with Crippen LogP contribution in [-0.4, -0.2) is 24.7 Å². The van der Waals surface area contributed by atoms with E-state index in [1.165, 1.54) is 0 Å². The molecular weight excluding hydrogens is 330 g/mol. The number of carbonyl (C=O) groups excluding carboxylic acids is 1. The Morgan fingerprint density at radius 2 is 1.85 bits per heavy atom. The molecule has 1 aromatic carbocycles. The number of hydrogen-bond donors (Lipinski definition) is 1. The fourth-order valence-electron chi connectivity index (χ4n) is 2.78. The summed E-state index contributed by atoms with van der Waals surface area (Å²) in [5.74, 6) is -0.0318. The van der Waals surface area contributed by atoms with Crippen molar-refractivity contribution in [1.29, 1.82) is 0 Å². The Morgan fingerprint density at radius 3 is 2.38 bits per heavy atom. The van der Waals surface area contributed by atoms with Crippen molar-refractivity contribution >= 4 is 5.97 Å². The molecule has 0 unspecified atom stereocenters. The predicted octanol–water partition coefficient (Wildman–Crippen LogP) is 4.14.